The third kappa shape index (κ3) is 3.37. The van der Waals surface area contributed by atoms with Gasteiger partial charge in [-0.05, 0) is 36.2 Å². The average Bonchev–Trinajstić information content (AvgIpc) is 2.94. The highest BCUT2D eigenvalue weighted by atomic mass is 19.1. The van der Waals surface area contributed by atoms with Crippen molar-refractivity contribution in [2.75, 3.05) is 0 Å². The minimum absolute atomic E-state index is 0.0333. The third-order valence-electron chi connectivity index (χ3n) is 3.96. The summed E-state index contributed by atoms with van der Waals surface area (Å²) in [5.74, 6) is -2.82. The number of rotatable bonds is 4. The van der Waals surface area contributed by atoms with Gasteiger partial charge in [0.05, 0.1) is 5.56 Å². The zero-order valence-electron chi connectivity index (χ0n) is 13.7. The highest BCUT2D eigenvalue weighted by molar-refractivity contribution is 5.89. The van der Waals surface area contributed by atoms with Crippen LogP contribution in [0.25, 0.3) is 0 Å². The van der Waals surface area contributed by atoms with Crippen molar-refractivity contribution in [2.24, 2.45) is 0 Å². The van der Waals surface area contributed by atoms with E-state index >= 15 is 0 Å². The molecule has 0 aliphatic rings. The van der Waals surface area contributed by atoms with Crippen LogP contribution in [0.1, 0.15) is 27.0 Å². The Balaban J connectivity index is 1.74. The van der Waals surface area contributed by atoms with Gasteiger partial charge in [0.25, 0.3) is 0 Å². The van der Waals surface area contributed by atoms with Gasteiger partial charge in [0.2, 0.25) is 11.8 Å². The van der Waals surface area contributed by atoms with Crippen LogP contribution in [0.15, 0.2) is 48.5 Å². The van der Waals surface area contributed by atoms with Crippen molar-refractivity contribution in [1.82, 2.24) is 4.73 Å². The van der Waals surface area contributed by atoms with Crippen LogP contribution in [-0.2, 0) is 6.42 Å². The van der Waals surface area contributed by atoms with Crippen molar-refractivity contribution in [3.63, 3.8) is 0 Å². The fraction of sp³-hybridized carbons (Fsp3) is 0.105. The van der Waals surface area contributed by atoms with Crippen LogP contribution in [0.2, 0.25) is 0 Å². The van der Waals surface area contributed by atoms with Gasteiger partial charge < -0.3 is 15.1 Å². The molecule has 3 rings (SSSR count). The lowest BCUT2D eigenvalue weighted by atomic mass is 10.0. The molecule has 2 N–H and O–H groups in total. The van der Waals surface area contributed by atoms with Gasteiger partial charge in [-0.25, -0.2) is 13.6 Å². The average molecular weight is 359 g/mol. The van der Waals surface area contributed by atoms with E-state index in [1.54, 1.807) is 12.1 Å². The molecule has 0 amide bonds. The largest absolute Gasteiger partial charge is 0.492 e. The molecule has 26 heavy (non-hydrogen) atoms. The van der Waals surface area contributed by atoms with Gasteiger partial charge in [0, 0.05) is 24.1 Å². The molecule has 0 bridgehead atoms. The lowest BCUT2D eigenvalue weighted by Gasteiger charge is -2.09. The van der Waals surface area contributed by atoms with E-state index in [0.29, 0.717) is 10.3 Å². The summed E-state index contributed by atoms with van der Waals surface area (Å²) in [6, 6.07) is 11.1. The van der Waals surface area contributed by atoms with Crippen LogP contribution in [0, 0.1) is 18.6 Å². The number of hydrogen-bond acceptors (Lipinski definition) is 4. The highest BCUT2D eigenvalue weighted by Gasteiger charge is 2.15. The Bertz CT molecular complexity index is 945. The molecule has 2 aromatic carbocycles. The molecule has 0 unspecified atom stereocenters. The van der Waals surface area contributed by atoms with Crippen LogP contribution >= 0.6 is 0 Å². The summed E-state index contributed by atoms with van der Waals surface area (Å²) >= 11 is 0. The molecule has 0 atom stereocenters. The number of aromatic nitrogens is 1. The van der Waals surface area contributed by atoms with E-state index in [1.165, 1.54) is 43.3 Å². The number of carbonyl (C=O) groups excluding carboxylic acids is 1. The first kappa shape index (κ1) is 17.5. The zero-order valence-corrected chi connectivity index (χ0v) is 13.7. The van der Waals surface area contributed by atoms with Gasteiger partial charge in [-0.15, -0.1) is 4.73 Å². The molecular weight excluding hydrogens is 344 g/mol. The standard InChI is InChI=1S/C19H15F2NO4/c1-11-15(20)7-6-14(18(11)21)10-12-2-4-13(5-3-12)19(25)26-22-16(23)8-9-17(22)24/h2-9,23-24H,10H2,1H3. The first-order chi connectivity index (χ1) is 12.4. The fourth-order valence-electron chi connectivity index (χ4n) is 2.46. The number of aromatic hydroxyl groups is 2. The van der Waals surface area contributed by atoms with Gasteiger partial charge in [-0.1, -0.05) is 18.2 Å². The zero-order chi connectivity index (χ0) is 18.8. The Morgan fingerprint density at radius 2 is 1.62 bits per heavy atom. The van der Waals surface area contributed by atoms with E-state index in [1.807, 2.05) is 0 Å². The van der Waals surface area contributed by atoms with Crippen LogP contribution in [0.4, 0.5) is 8.78 Å². The Hall–Kier alpha value is -3.35. The molecule has 0 aliphatic heterocycles. The summed E-state index contributed by atoms with van der Waals surface area (Å²) in [4.78, 5) is 16.9. The number of carbonyl (C=O) groups is 1. The van der Waals surface area contributed by atoms with Crippen molar-refractivity contribution in [3.8, 4) is 11.8 Å². The molecule has 0 fully saturated rings. The van der Waals surface area contributed by atoms with Crippen LogP contribution < -0.4 is 4.84 Å². The van der Waals surface area contributed by atoms with Crippen molar-refractivity contribution >= 4 is 5.97 Å². The molecule has 3 aromatic rings. The van der Waals surface area contributed by atoms with E-state index in [0.717, 1.165) is 5.56 Å². The Labute approximate surface area is 147 Å². The van der Waals surface area contributed by atoms with Crippen LogP contribution in [0.3, 0.4) is 0 Å². The number of hydrogen-bond donors (Lipinski definition) is 2. The van der Waals surface area contributed by atoms with Crippen molar-refractivity contribution in [3.05, 3.63) is 82.4 Å². The third-order valence-corrected chi connectivity index (χ3v) is 3.96. The summed E-state index contributed by atoms with van der Waals surface area (Å²) in [5.41, 5.74) is 1.21. The minimum Gasteiger partial charge on any atom is -0.492 e. The predicted octanol–water partition coefficient (Wildman–Crippen LogP) is 3.35. The van der Waals surface area contributed by atoms with E-state index in [2.05, 4.69) is 0 Å². The van der Waals surface area contributed by atoms with Gasteiger partial charge in [-0.2, -0.15) is 0 Å². The second-order valence-electron chi connectivity index (χ2n) is 5.74. The molecule has 0 saturated heterocycles. The van der Waals surface area contributed by atoms with Crippen LogP contribution in [0.5, 0.6) is 11.8 Å². The maximum absolute atomic E-state index is 14.1. The molecule has 134 valence electrons. The summed E-state index contributed by atoms with van der Waals surface area (Å²) in [6.07, 6.45) is 0.238. The SMILES string of the molecule is Cc1c(F)ccc(Cc2ccc(C(=O)On3c(O)ccc3O)cc2)c1F. The van der Waals surface area contributed by atoms with Crippen molar-refractivity contribution < 1.29 is 28.6 Å². The summed E-state index contributed by atoms with van der Waals surface area (Å²) in [7, 11) is 0. The lowest BCUT2D eigenvalue weighted by molar-refractivity contribution is 0.0381. The van der Waals surface area contributed by atoms with E-state index < -0.39 is 29.4 Å². The fourth-order valence-corrected chi connectivity index (χ4v) is 2.46. The maximum atomic E-state index is 14.1. The summed E-state index contributed by atoms with van der Waals surface area (Å²) in [6.45, 7) is 1.37. The second kappa shape index (κ2) is 6.87. The first-order valence-corrected chi connectivity index (χ1v) is 7.71. The topological polar surface area (TPSA) is 71.7 Å². The van der Waals surface area contributed by atoms with E-state index in [9.17, 15) is 23.8 Å². The molecule has 0 radical (unpaired) electrons. The smallest absolute Gasteiger partial charge is 0.363 e. The van der Waals surface area contributed by atoms with Gasteiger partial charge in [-0.3, -0.25) is 0 Å². The molecule has 1 aromatic heterocycles. The van der Waals surface area contributed by atoms with Crippen LogP contribution in [-0.4, -0.2) is 20.9 Å². The minimum atomic E-state index is -0.790. The monoisotopic (exact) mass is 359 g/mol. The first-order valence-electron chi connectivity index (χ1n) is 7.71. The molecular formula is C19H15F2NO4. The summed E-state index contributed by atoms with van der Waals surface area (Å²) in [5, 5.41) is 18.9. The Kier molecular flexibility index (Phi) is 4.62. The molecule has 0 saturated carbocycles. The Morgan fingerprint density at radius 1 is 1.00 bits per heavy atom. The molecule has 0 aliphatic carbocycles. The van der Waals surface area contributed by atoms with Crippen molar-refractivity contribution in [2.45, 2.75) is 13.3 Å². The molecule has 0 spiro atoms. The molecule has 5 nitrogen and oxygen atoms in total. The lowest BCUT2D eigenvalue weighted by Crippen LogP contribution is -2.19. The summed E-state index contributed by atoms with van der Waals surface area (Å²) < 4.78 is 28.0. The van der Waals surface area contributed by atoms with E-state index in [4.69, 9.17) is 4.84 Å². The number of nitrogens with zero attached hydrogens (tertiary/aromatic N) is 1. The number of halogens is 2. The molecule has 7 heteroatoms. The normalized spacial score (nSPS) is 10.7. The van der Waals surface area contributed by atoms with Gasteiger partial charge in [0.1, 0.15) is 11.6 Å². The second-order valence-corrected chi connectivity index (χ2v) is 5.74. The van der Waals surface area contributed by atoms with Gasteiger partial charge in [0.15, 0.2) is 0 Å². The number of benzene rings is 2. The predicted molar refractivity (Wildman–Crippen MR) is 89.0 cm³/mol. The molecule has 1 heterocycles. The highest BCUT2D eigenvalue weighted by Crippen LogP contribution is 2.21. The Morgan fingerprint density at radius 3 is 2.23 bits per heavy atom. The quantitative estimate of drug-likeness (QED) is 0.749. The maximum Gasteiger partial charge on any atom is 0.363 e. The van der Waals surface area contributed by atoms with E-state index in [-0.39, 0.29) is 17.5 Å². The van der Waals surface area contributed by atoms with Crippen molar-refractivity contribution in [1.29, 1.82) is 0 Å². The van der Waals surface area contributed by atoms with Gasteiger partial charge >= 0.3 is 5.97 Å².